The van der Waals surface area contributed by atoms with Gasteiger partial charge in [-0.15, -0.1) is 0 Å². The SMILES string of the molecule is Cc1c(OP(=O)(Oc2c(C)c3cc(F)c(O)c(F)c3oc2=O)Oc2c(C)c3cc(F)c(O)c(F)c3oc2=O)c(=O)oc2c(F)c(O)c(F)cc12. The smallest absolute Gasteiger partial charge is 0.503 e. The number of fused-ring (bicyclic) bond motifs is 3. The summed E-state index contributed by atoms with van der Waals surface area (Å²) in [6.07, 6.45) is 0. The highest BCUT2D eigenvalue weighted by atomic mass is 31.2. The zero-order chi connectivity index (χ0) is 36.7. The summed E-state index contributed by atoms with van der Waals surface area (Å²) >= 11 is 0. The first-order chi connectivity index (χ1) is 23.3. The van der Waals surface area contributed by atoms with E-state index in [4.69, 9.17) is 26.8 Å². The number of phenols is 3. The number of rotatable bonds is 6. The predicted molar refractivity (Wildman–Crippen MR) is 156 cm³/mol. The van der Waals surface area contributed by atoms with E-state index in [1.54, 1.807) is 0 Å². The van der Waals surface area contributed by atoms with E-state index in [9.17, 15) is 60.6 Å². The third-order valence-electron chi connectivity index (χ3n) is 7.43. The molecule has 3 N–H and O–H groups in total. The number of phosphoric ester groups is 1. The maximum absolute atomic E-state index is 14.6. The van der Waals surface area contributed by atoms with Crippen molar-refractivity contribution in [2.45, 2.75) is 20.8 Å². The van der Waals surface area contributed by atoms with E-state index in [1.807, 2.05) is 0 Å². The Morgan fingerprint density at radius 1 is 0.520 bits per heavy atom. The van der Waals surface area contributed by atoms with E-state index in [0.717, 1.165) is 20.8 Å². The highest BCUT2D eigenvalue weighted by molar-refractivity contribution is 7.49. The Kier molecular flexibility index (Phi) is 7.78. The Morgan fingerprint density at radius 2 is 0.760 bits per heavy atom. The molecule has 20 heteroatoms. The number of phenolic OH excluding ortho intramolecular Hbond substituents is 3. The van der Waals surface area contributed by atoms with Gasteiger partial charge in [-0.25, -0.2) is 27.6 Å². The molecule has 0 aliphatic heterocycles. The van der Waals surface area contributed by atoms with Crippen LogP contribution in [0.1, 0.15) is 16.7 Å². The summed E-state index contributed by atoms with van der Waals surface area (Å²) in [6.45, 7) is 2.95. The van der Waals surface area contributed by atoms with Crippen molar-refractivity contribution in [2.24, 2.45) is 0 Å². The Bertz CT molecular complexity index is 2430. The number of aryl methyl sites for hydroxylation is 3. The first-order valence-electron chi connectivity index (χ1n) is 13.5. The molecule has 50 heavy (non-hydrogen) atoms. The first-order valence-corrected chi connectivity index (χ1v) is 14.9. The van der Waals surface area contributed by atoms with Crippen molar-refractivity contribution < 1.29 is 73.0 Å². The van der Waals surface area contributed by atoms with Crippen molar-refractivity contribution in [3.05, 3.63) is 101 Å². The molecular weight excluding hydrogens is 713 g/mol. The number of aromatic hydroxyl groups is 3. The number of phosphoric acid groups is 1. The molecule has 0 bridgehead atoms. The topological polar surface area (TPSA) is 196 Å². The van der Waals surface area contributed by atoms with Gasteiger partial charge in [-0.3, -0.25) is 0 Å². The molecule has 0 spiro atoms. The highest BCUT2D eigenvalue weighted by Crippen LogP contribution is 2.51. The van der Waals surface area contributed by atoms with Crippen molar-refractivity contribution in [3.63, 3.8) is 0 Å². The van der Waals surface area contributed by atoms with Gasteiger partial charge in [0.15, 0.2) is 51.4 Å². The van der Waals surface area contributed by atoms with Gasteiger partial charge in [0, 0.05) is 32.8 Å². The molecule has 3 heterocycles. The van der Waals surface area contributed by atoms with Crippen LogP contribution in [0.3, 0.4) is 0 Å². The van der Waals surface area contributed by atoms with Crippen LogP contribution in [0.25, 0.3) is 32.9 Å². The van der Waals surface area contributed by atoms with Crippen LogP contribution in [-0.2, 0) is 4.57 Å². The van der Waals surface area contributed by atoms with Crippen molar-refractivity contribution >= 4 is 40.7 Å². The quantitative estimate of drug-likeness (QED) is 0.0953. The molecule has 0 saturated carbocycles. The van der Waals surface area contributed by atoms with E-state index in [-0.39, 0.29) is 0 Å². The van der Waals surface area contributed by atoms with Gasteiger partial charge in [0.2, 0.25) is 34.7 Å². The average molecular weight is 728 g/mol. The first kappa shape index (κ1) is 33.8. The Morgan fingerprint density at radius 3 is 1.00 bits per heavy atom. The highest BCUT2D eigenvalue weighted by Gasteiger charge is 2.40. The molecule has 3 aromatic carbocycles. The minimum Gasteiger partial charge on any atom is -0.503 e. The van der Waals surface area contributed by atoms with Crippen molar-refractivity contribution in [3.8, 4) is 34.5 Å². The largest absolute Gasteiger partial charge is 0.647 e. The van der Waals surface area contributed by atoms with Gasteiger partial charge in [-0.05, 0) is 39.0 Å². The molecule has 3 aromatic heterocycles. The third kappa shape index (κ3) is 5.13. The molecular formula is C30H15F6O13P. The Labute approximate surface area is 270 Å². The van der Waals surface area contributed by atoms with Crippen molar-refractivity contribution in [1.29, 1.82) is 0 Å². The zero-order valence-electron chi connectivity index (χ0n) is 24.9. The fourth-order valence-electron chi connectivity index (χ4n) is 4.86. The number of benzene rings is 3. The molecule has 0 saturated heterocycles. The average Bonchev–Trinajstić information content (AvgIpc) is 3.06. The second-order valence-electron chi connectivity index (χ2n) is 10.4. The number of hydrogen-bond donors (Lipinski definition) is 3. The fraction of sp³-hybridized carbons (Fsp3) is 0.100. The fourth-order valence-corrected chi connectivity index (χ4v) is 6.28. The molecule has 0 radical (unpaired) electrons. The van der Waals surface area contributed by atoms with Gasteiger partial charge in [0.25, 0.3) is 0 Å². The maximum Gasteiger partial charge on any atom is 0.647 e. The summed E-state index contributed by atoms with van der Waals surface area (Å²) in [7, 11) is -5.87. The molecule has 6 aromatic rings. The van der Waals surface area contributed by atoms with Crippen LogP contribution in [0, 0.1) is 55.7 Å². The number of halogens is 6. The van der Waals surface area contributed by atoms with E-state index in [1.165, 1.54) is 0 Å². The molecule has 0 atom stereocenters. The van der Waals surface area contributed by atoms with Crippen molar-refractivity contribution in [1.82, 2.24) is 0 Å². The van der Waals surface area contributed by atoms with E-state index in [2.05, 4.69) is 0 Å². The Hall–Kier alpha value is -6.10. The minimum absolute atomic E-state index is 0.493. The minimum atomic E-state index is -5.87. The summed E-state index contributed by atoms with van der Waals surface area (Å²) in [5, 5.41) is 27.0. The molecule has 0 aliphatic rings. The van der Waals surface area contributed by atoms with Gasteiger partial charge in [-0.1, -0.05) is 0 Å². The molecule has 0 unspecified atom stereocenters. The second-order valence-corrected chi connectivity index (χ2v) is 11.9. The van der Waals surface area contributed by atoms with E-state index < -0.39 is 144 Å². The third-order valence-corrected chi connectivity index (χ3v) is 8.65. The molecule has 13 nitrogen and oxygen atoms in total. The van der Waals surface area contributed by atoms with Crippen LogP contribution < -0.4 is 30.4 Å². The van der Waals surface area contributed by atoms with Crippen LogP contribution in [0.5, 0.6) is 34.5 Å². The summed E-state index contributed by atoms with van der Waals surface area (Å²) < 4.78 is 131. The maximum atomic E-state index is 14.6. The van der Waals surface area contributed by atoms with Crippen LogP contribution >= 0.6 is 7.82 Å². The van der Waals surface area contributed by atoms with E-state index in [0.29, 0.717) is 18.2 Å². The summed E-state index contributed by atoms with van der Waals surface area (Å²) in [6, 6.07) is 1.48. The molecule has 0 amide bonds. The van der Waals surface area contributed by atoms with Gasteiger partial charge in [0.05, 0.1) is 0 Å². The zero-order valence-corrected chi connectivity index (χ0v) is 25.8. The molecule has 0 fully saturated rings. The van der Waals surface area contributed by atoms with Gasteiger partial charge < -0.3 is 42.1 Å². The lowest BCUT2D eigenvalue weighted by Crippen LogP contribution is -2.19. The summed E-state index contributed by atoms with van der Waals surface area (Å²) in [5.74, 6) is -17.9. The van der Waals surface area contributed by atoms with Gasteiger partial charge in [-0.2, -0.15) is 17.7 Å². The predicted octanol–water partition coefficient (Wildman–Crippen LogP) is 6.53. The van der Waals surface area contributed by atoms with Crippen molar-refractivity contribution in [2.75, 3.05) is 0 Å². The lowest BCUT2D eigenvalue weighted by atomic mass is 10.1. The number of hydrogen-bond acceptors (Lipinski definition) is 13. The van der Waals surface area contributed by atoms with Crippen LogP contribution in [-0.4, -0.2) is 15.3 Å². The summed E-state index contributed by atoms with van der Waals surface area (Å²) in [4.78, 5) is 38.9. The lowest BCUT2D eigenvalue weighted by molar-refractivity contribution is 0.281. The van der Waals surface area contributed by atoms with E-state index >= 15 is 0 Å². The molecule has 6 rings (SSSR count). The van der Waals surface area contributed by atoms with Gasteiger partial charge in [0.1, 0.15) is 0 Å². The molecule has 0 aliphatic carbocycles. The standard InChI is InChI=1S/C30H15F6O13P/c1-7-10-4-13(31)19(37)16(34)25(10)44-28(40)22(7)47-50(43,48-23-8(2)11-5-14(32)20(38)17(35)26(11)45-29(23)41)49-24-9(3)12-6-15(33)21(39)18(36)27(12)46-30(24)42/h4-6,37-39H,1-3H3. The monoisotopic (exact) mass is 728 g/mol. The Balaban J connectivity index is 1.60. The van der Waals surface area contributed by atoms with Crippen LogP contribution in [0.4, 0.5) is 26.3 Å². The summed E-state index contributed by atoms with van der Waals surface area (Å²) in [5.41, 5.74) is -9.68. The lowest BCUT2D eigenvalue weighted by Gasteiger charge is -2.21. The normalized spacial score (nSPS) is 11.9. The van der Waals surface area contributed by atoms with Gasteiger partial charge >= 0.3 is 24.7 Å². The van der Waals surface area contributed by atoms with Crippen LogP contribution in [0.2, 0.25) is 0 Å². The molecule has 260 valence electrons. The second kappa shape index (κ2) is 11.5. The van der Waals surface area contributed by atoms with Crippen LogP contribution in [0.15, 0.2) is 45.8 Å².